The SMILES string of the molecule is Cc1cc(C)cc(N(c2ccc(-c3ccc(C(=O)O)cc3)cc2)c2ccc3c(c2)C(C)(C)c2ccccc2-3)c1. The van der Waals surface area contributed by atoms with Crippen LogP contribution >= 0.6 is 0 Å². The molecule has 192 valence electrons. The van der Waals surface area contributed by atoms with Gasteiger partial charge in [0, 0.05) is 22.5 Å². The molecule has 0 unspecified atom stereocenters. The van der Waals surface area contributed by atoms with E-state index in [9.17, 15) is 9.90 Å². The van der Waals surface area contributed by atoms with Gasteiger partial charge in [0.25, 0.3) is 0 Å². The summed E-state index contributed by atoms with van der Waals surface area (Å²) < 4.78 is 0. The summed E-state index contributed by atoms with van der Waals surface area (Å²) in [6, 6.07) is 37.8. The zero-order valence-electron chi connectivity index (χ0n) is 22.7. The van der Waals surface area contributed by atoms with E-state index in [-0.39, 0.29) is 11.0 Å². The Kier molecular flexibility index (Phi) is 5.88. The second-order valence-corrected chi connectivity index (χ2v) is 11.0. The molecule has 0 spiro atoms. The van der Waals surface area contributed by atoms with Crippen molar-refractivity contribution in [3.63, 3.8) is 0 Å². The minimum Gasteiger partial charge on any atom is -0.478 e. The third-order valence-corrected chi connectivity index (χ3v) is 7.88. The average molecular weight is 510 g/mol. The van der Waals surface area contributed by atoms with E-state index in [4.69, 9.17) is 0 Å². The molecule has 3 nitrogen and oxygen atoms in total. The monoisotopic (exact) mass is 509 g/mol. The molecule has 0 bridgehead atoms. The van der Waals surface area contributed by atoms with Crippen LogP contribution in [0.1, 0.15) is 46.5 Å². The number of carboxylic acids is 1. The van der Waals surface area contributed by atoms with Crippen LogP contribution in [-0.4, -0.2) is 11.1 Å². The summed E-state index contributed by atoms with van der Waals surface area (Å²) in [4.78, 5) is 13.6. The lowest BCUT2D eigenvalue weighted by Crippen LogP contribution is -2.16. The van der Waals surface area contributed by atoms with Crippen LogP contribution in [0.15, 0.2) is 109 Å². The number of carbonyl (C=O) groups is 1. The third kappa shape index (κ3) is 4.30. The molecule has 0 radical (unpaired) electrons. The third-order valence-electron chi connectivity index (χ3n) is 7.88. The quantitative estimate of drug-likeness (QED) is 0.256. The summed E-state index contributed by atoms with van der Waals surface area (Å²) in [7, 11) is 0. The van der Waals surface area contributed by atoms with Crippen LogP contribution in [0.4, 0.5) is 17.1 Å². The van der Waals surface area contributed by atoms with E-state index in [2.05, 4.69) is 118 Å². The van der Waals surface area contributed by atoms with Crippen molar-refractivity contribution in [3.05, 3.63) is 137 Å². The van der Waals surface area contributed by atoms with E-state index >= 15 is 0 Å². The maximum absolute atomic E-state index is 11.3. The number of aryl methyl sites for hydroxylation is 2. The van der Waals surface area contributed by atoms with E-state index in [1.807, 2.05) is 12.1 Å². The highest BCUT2D eigenvalue weighted by molar-refractivity contribution is 5.89. The number of hydrogen-bond acceptors (Lipinski definition) is 2. The Morgan fingerprint density at radius 2 is 1.18 bits per heavy atom. The van der Waals surface area contributed by atoms with Gasteiger partial charge in [0.1, 0.15) is 0 Å². The van der Waals surface area contributed by atoms with E-state index in [1.165, 1.54) is 33.4 Å². The zero-order valence-corrected chi connectivity index (χ0v) is 22.7. The molecule has 6 rings (SSSR count). The number of benzene rings is 5. The fraction of sp³-hybridized carbons (Fsp3) is 0.139. The lowest BCUT2D eigenvalue weighted by atomic mass is 9.82. The van der Waals surface area contributed by atoms with Gasteiger partial charge in [-0.05, 0) is 107 Å². The fourth-order valence-electron chi connectivity index (χ4n) is 5.97. The van der Waals surface area contributed by atoms with Crippen molar-refractivity contribution >= 4 is 23.0 Å². The lowest BCUT2D eigenvalue weighted by molar-refractivity contribution is 0.0697. The number of fused-ring (bicyclic) bond motifs is 3. The van der Waals surface area contributed by atoms with Crippen molar-refractivity contribution in [1.82, 2.24) is 0 Å². The summed E-state index contributed by atoms with van der Waals surface area (Å²) in [5, 5.41) is 9.24. The van der Waals surface area contributed by atoms with Gasteiger partial charge in [0.2, 0.25) is 0 Å². The molecule has 0 aromatic heterocycles. The molecule has 0 heterocycles. The highest BCUT2D eigenvalue weighted by Gasteiger charge is 2.35. The summed E-state index contributed by atoms with van der Waals surface area (Å²) >= 11 is 0. The molecule has 0 amide bonds. The summed E-state index contributed by atoms with van der Waals surface area (Å²) in [5.41, 5.74) is 13.3. The van der Waals surface area contributed by atoms with E-state index in [1.54, 1.807) is 12.1 Å². The van der Waals surface area contributed by atoms with Gasteiger partial charge < -0.3 is 10.0 Å². The van der Waals surface area contributed by atoms with Crippen molar-refractivity contribution in [3.8, 4) is 22.3 Å². The smallest absolute Gasteiger partial charge is 0.335 e. The second-order valence-electron chi connectivity index (χ2n) is 11.0. The molecule has 0 atom stereocenters. The van der Waals surface area contributed by atoms with Crippen LogP contribution in [-0.2, 0) is 5.41 Å². The summed E-state index contributed by atoms with van der Waals surface area (Å²) in [6.07, 6.45) is 0. The van der Waals surface area contributed by atoms with Crippen LogP contribution in [0.3, 0.4) is 0 Å². The molecule has 5 aromatic carbocycles. The van der Waals surface area contributed by atoms with Gasteiger partial charge in [-0.25, -0.2) is 4.79 Å². The molecular weight excluding hydrogens is 478 g/mol. The predicted octanol–water partition coefficient (Wildman–Crippen LogP) is 9.44. The maximum atomic E-state index is 11.3. The molecule has 0 saturated carbocycles. The Labute approximate surface area is 230 Å². The van der Waals surface area contributed by atoms with Crippen molar-refractivity contribution < 1.29 is 9.90 Å². The van der Waals surface area contributed by atoms with Gasteiger partial charge in [-0.1, -0.05) is 74.5 Å². The number of rotatable bonds is 5. The van der Waals surface area contributed by atoms with E-state index < -0.39 is 5.97 Å². The van der Waals surface area contributed by atoms with Crippen molar-refractivity contribution in [2.24, 2.45) is 0 Å². The molecule has 1 N–H and O–H groups in total. The first-order valence-electron chi connectivity index (χ1n) is 13.3. The first kappa shape index (κ1) is 24.7. The molecule has 3 heteroatoms. The largest absolute Gasteiger partial charge is 0.478 e. The molecule has 1 aliphatic rings. The van der Waals surface area contributed by atoms with Crippen LogP contribution in [0.2, 0.25) is 0 Å². The van der Waals surface area contributed by atoms with Crippen LogP contribution in [0, 0.1) is 13.8 Å². The van der Waals surface area contributed by atoms with Crippen LogP contribution in [0.25, 0.3) is 22.3 Å². The minimum absolute atomic E-state index is 0.0813. The molecule has 5 aromatic rings. The predicted molar refractivity (Wildman–Crippen MR) is 161 cm³/mol. The highest BCUT2D eigenvalue weighted by atomic mass is 16.4. The Balaban J connectivity index is 1.45. The summed E-state index contributed by atoms with van der Waals surface area (Å²) in [6.45, 7) is 8.90. The number of anilines is 3. The van der Waals surface area contributed by atoms with Gasteiger partial charge in [-0.2, -0.15) is 0 Å². The zero-order chi connectivity index (χ0) is 27.3. The molecule has 0 saturated heterocycles. The van der Waals surface area contributed by atoms with E-state index in [0.29, 0.717) is 0 Å². The first-order valence-corrected chi connectivity index (χ1v) is 13.3. The topological polar surface area (TPSA) is 40.5 Å². The minimum atomic E-state index is -0.915. The van der Waals surface area contributed by atoms with Crippen molar-refractivity contribution in [1.29, 1.82) is 0 Å². The van der Waals surface area contributed by atoms with Gasteiger partial charge >= 0.3 is 5.97 Å². The van der Waals surface area contributed by atoms with Gasteiger partial charge in [-0.3, -0.25) is 0 Å². The Hall–Kier alpha value is -4.63. The Morgan fingerprint density at radius 1 is 0.615 bits per heavy atom. The molecule has 0 fully saturated rings. The normalized spacial score (nSPS) is 13.0. The Bertz CT molecular complexity index is 1690. The van der Waals surface area contributed by atoms with Crippen LogP contribution < -0.4 is 4.90 Å². The Morgan fingerprint density at radius 3 is 1.82 bits per heavy atom. The molecule has 0 aliphatic heterocycles. The molecule has 1 aliphatic carbocycles. The summed E-state index contributed by atoms with van der Waals surface area (Å²) in [5.74, 6) is -0.915. The second kappa shape index (κ2) is 9.28. The standard InChI is InChI=1S/C36H31NO2/c1-23-19-24(2)21-30(20-23)37(28-15-13-26(14-16-28)25-9-11-27(12-10-25)35(38)39)29-17-18-32-31-7-5-6-8-33(31)36(3,4)34(32)22-29/h5-22H,1-4H3,(H,38,39). The van der Waals surface area contributed by atoms with Crippen molar-refractivity contribution in [2.75, 3.05) is 4.90 Å². The van der Waals surface area contributed by atoms with Gasteiger partial charge in [0.15, 0.2) is 0 Å². The molecular formula is C36H31NO2. The fourth-order valence-corrected chi connectivity index (χ4v) is 5.97. The van der Waals surface area contributed by atoms with E-state index in [0.717, 1.165) is 28.2 Å². The lowest BCUT2D eigenvalue weighted by Gasteiger charge is -2.29. The average Bonchev–Trinajstić information content (AvgIpc) is 3.15. The number of carboxylic acid groups (broad SMARTS) is 1. The number of aromatic carboxylic acids is 1. The van der Waals surface area contributed by atoms with Gasteiger partial charge in [0.05, 0.1) is 5.56 Å². The number of hydrogen-bond donors (Lipinski definition) is 1. The van der Waals surface area contributed by atoms with Gasteiger partial charge in [-0.15, -0.1) is 0 Å². The molecule has 39 heavy (non-hydrogen) atoms. The highest BCUT2D eigenvalue weighted by Crippen LogP contribution is 2.50. The number of nitrogens with zero attached hydrogens (tertiary/aromatic N) is 1. The maximum Gasteiger partial charge on any atom is 0.335 e. The van der Waals surface area contributed by atoms with Crippen molar-refractivity contribution in [2.45, 2.75) is 33.1 Å². The van der Waals surface area contributed by atoms with Crippen LogP contribution in [0.5, 0.6) is 0 Å². The first-order chi connectivity index (χ1) is 18.7.